The summed E-state index contributed by atoms with van der Waals surface area (Å²) in [6, 6.07) is 9.87. The quantitative estimate of drug-likeness (QED) is 0.904. The largest absolute Gasteiger partial charge is 0.488 e. The number of hydrogen-bond donors (Lipinski definition) is 1. The molecule has 0 aromatic heterocycles. The molecule has 1 atom stereocenters. The number of ether oxygens (including phenoxy) is 1. The van der Waals surface area contributed by atoms with Gasteiger partial charge in [-0.3, -0.25) is 0 Å². The molecule has 0 aliphatic heterocycles. The standard InChI is InChI=1S/C16H16ClFO2/c1-10-3-5-14(11(2)19)16(7-10)20-9-12-8-13(17)4-6-15(12)18/h3-8,11,19H,9H2,1-2H3/t11-/m0/s1. The van der Waals surface area contributed by atoms with E-state index in [1.54, 1.807) is 6.92 Å². The first-order chi connectivity index (χ1) is 9.47. The van der Waals surface area contributed by atoms with Crippen molar-refractivity contribution in [1.82, 2.24) is 0 Å². The van der Waals surface area contributed by atoms with Crippen molar-refractivity contribution < 1.29 is 14.2 Å². The van der Waals surface area contributed by atoms with Gasteiger partial charge in [-0.1, -0.05) is 23.7 Å². The Balaban J connectivity index is 2.22. The molecule has 1 N–H and O–H groups in total. The fourth-order valence-corrected chi connectivity index (χ4v) is 2.12. The van der Waals surface area contributed by atoms with Crippen LogP contribution in [0.2, 0.25) is 5.02 Å². The van der Waals surface area contributed by atoms with Crippen LogP contribution in [0.4, 0.5) is 4.39 Å². The Morgan fingerprint density at radius 2 is 2.00 bits per heavy atom. The molecule has 0 amide bonds. The van der Waals surface area contributed by atoms with Crippen LogP contribution in [-0.4, -0.2) is 5.11 Å². The van der Waals surface area contributed by atoms with E-state index in [1.807, 2.05) is 25.1 Å². The molecular formula is C16H16ClFO2. The van der Waals surface area contributed by atoms with Crippen molar-refractivity contribution in [2.24, 2.45) is 0 Å². The fraction of sp³-hybridized carbons (Fsp3) is 0.250. The topological polar surface area (TPSA) is 29.5 Å². The van der Waals surface area contributed by atoms with Crippen molar-refractivity contribution in [3.05, 3.63) is 63.9 Å². The summed E-state index contributed by atoms with van der Waals surface area (Å²) in [4.78, 5) is 0. The van der Waals surface area contributed by atoms with Crippen molar-refractivity contribution in [1.29, 1.82) is 0 Å². The van der Waals surface area contributed by atoms with E-state index in [9.17, 15) is 9.50 Å². The normalized spacial score (nSPS) is 12.2. The molecule has 2 rings (SSSR count). The molecule has 0 saturated carbocycles. The van der Waals surface area contributed by atoms with Crippen LogP contribution in [0.15, 0.2) is 36.4 Å². The first kappa shape index (κ1) is 14.8. The number of aliphatic hydroxyl groups is 1. The summed E-state index contributed by atoms with van der Waals surface area (Å²) >= 11 is 5.84. The van der Waals surface area contributed by atoms with Gasteiger partial charge in [0, 0.05) is 16.1 Å². The fourth-order valence-electron chi connectivity index (χ4n) is 1.92. The van der Waals surface area contributed by atoms with Crippen molar-refractivity contribution in [3.63, 3.8) is 0 Å². The zero-order valence-corrected chi connectivity index (χ0v) is 12.1. The van der Waals surface area contributed by atoms with Crippen LogP contribution in [0.1, 0.15) is 29.7 Å². The minimum Gasteiger partial charge on any atom is -0.488 e. The molecule has 0 unspecified atom stereocenters. The Bertz CT molecular complexity index is 611. The Labute approximate surface area is 122 Å². The van der Waals surface area contributed by atoms with Gasteiger partial charge < -0.3 is 9.84 Å². The van der Waals surface area contributed by atoms with E-state index in [0.717, 1.165) is 5.56 Å². The van der Waals surface area contributed by atoms with Crippen LogP contribution < -0.4 is 4.74 Å². The molecule has 106 valence electrons. The summed E-state index contributed by atoms with van der Waals surface area (Å²) in [6.07, 6.45) is -0.644. The number of halogens is 2. The predicted molar refractivity (Wildman–Crippen MR) is 77.6 cm³/mol. The van der Waals surface area contributed by atoms with Crippen molar-refractivity contribution in [2.45, 2.75) is 26.6 Å². The first-order valence-electron chi connectivity index (χ1n) is 6.32. The van der Waals surface area contributed by atoms with E-state index in [0.29, 0.717) is 21.9 Å². The average Bonchev–Trinajstić information content (AvgIpc) is 2.39. The minimum atomic E-state index is -0.644. The minimum absolute atomic E-state index is 0.0650. The number of benzene rings is 2. The monoisotopic (exact) mass is 294 g/mol. The maximum atomic E-state index is 13.6. The van der Waals surface area contributed by atoms with E-state index in [-0.39, 0.29) is 12.4 Å². The van der Waals surface area contributed by atoms with Gasteiger partial charge in [-0.25, -0.2) is 4.39 Å². The zero-order valence-electron chi connectivity index (χ0n) is 11.4. The number of hydrogen-bond acceptors (Lipinski definition) is 2. The van der Waals surface area contributed by atoms with Crippen LogP contribution in [0.3, 0.4) is 0 Å². The summed E-state index contributed by atoms with van der Waals surface area (Å²) in [5, 5.41) is 10.2. The van der Waals surface area contributed by atoms with Crippen LogP contribution in [0.5, 0.6) is 5.75 Å². The van der Waals surface area contributed by atoms with Gasteiger partial charge in [-0.2, -0.15) is 0 Å². The second-order valence-electron chi connectivity index (χ2n) is 4.74. The lowest BCUT2D eigenvalue weighted by Crippen LogP contribution is -2.03. The van der Waals surface area contributed by atoms with Crippen LogP contribution in [-0.2, 0) is 6.61 Å². The summed E-state index contributed by atoms with van der Waals surface area (Å²) in [6.45, 7) is 3.66. The number of rotatable bonds is 4. The lowest BCUT2D eigenvalue weighted by atomic mass is 10.1. The molecule has 0 aliphatic carbocycles. The lowest BCUT2D eigenvalue weighted by molar-refractivity contribution is 0.190. The molecule has 0 fully saturated rings. The number of aliphatic hydroxyl groups excluding tert-OH is 1. The summed E-state index contributed by atoms with van der Waals surface area (Å²) in [5.74, 6) is 0.194. The Kier molecular flexibility index (Phi) is 4.63. The third-order valence-electron chi connectivity index (χ3n) is 3.01. The van der Waals surface area contributed by atoms with Gasteiger partial charge in [-0.15, -0.1) is 0 Å². The maximum absolute atomic E-state index is 13.6. The van der Waals surface area contributed by atoms with Gasteiger partial charge in [0.1, 0.15) is 18.2 Å². The third-order valence-corrected chi connectivity index (χ3v) is 3.25. The zero-order chi connectivity index (χ0) is 14.7. The molecule has 0 spiro atoms. The predicted octanol–water partition coefficient (Wildman–Crippen LogP) is 4.42. The molecular weight excluding hydrogens is 279 g/mol. The Morgan fingerprint density at radius 1 is 1.25 bits per heavy atom. The molecule has 0 radical (unpaired) electrons. The number of aryl methyl sites for hydroxylation is 1. The van der Waals surface area contributed by atoms with Crippen molar-refractivity contribution in [2.75, 3.05) is 0 Å². The highest BCUT2D eigenvalue weighted by Crippen LogP contribution is 2.27. The molecule has 2 nitrogen and oxygen atoms in total. The molecule has 0 heterocycles. The highest BCUT2D eigenvalue weighted by Gasteiger charge is 2.11. The molecule has 2 aromatic carbocycles. The van der Waals surface area contributed by atoms with Crippen molar-refractivity contribution >= 4 is 11.6 Å². The molecule has 4 heteroatoms. The second-order valence-corrected chi connectivity index (χ2v) is 5.18. The highest BCUT2D eigenvalue weighted by molar-refractivity contribution is 6.30. The summed E-state index contributed by atoms with van der Waals surface area (Å²) in [5.41, 5.74) is 2.07. The summed E-state index contributed by atoms with van der Waals surface area (Å²) in [7, 11) is 0. The molecule has 0 bridgehead atoms. The van der Waals surface area contributed by atoms with Gasteiger partial charge in [0.15, 0.2) is 0 Å². The molecule has 0 saturated heterocycles. The van der Waals surface area contributed by atoms with Crippen LogP contribution in [0.25, 0.3) is 0 Å². The van der Waals surface area contributed by atoms with E-state index < -0.39 is 6.10 Å². The average molecular weight is 295 g/mol. The maximum Gasteiger partial charge on any atom is 0.129 e. The van der Waals surface area contributed by atoms with Crippen LogP contribution >= 0.6 is 11.6 Å². The first-order valence-corrected chi connectivity index (χ1v) is 6.70. The van der Waals surface area contributed by atoms with Gasteiger partial charge >= 0.3 is 0 Å². The van der Waals surface area contributed by atoms with Gasteiger partial charge in [-0.05, 0) is 43.7 Å². The van der Waals surface area contributed by atoms with Gasteiger partial charge in [0.2, 0.25) is 0 Å². The van der Waals surface area contributed by atoms with Gasteiger partial charge in [0.25, 0.3) is 0 Å². The van der Waals surface area contributed by atoms with E-state index >= 15 is 0 Å². The second kappa shape index (κ2) is 6.25. The van der Waals surface area contributed by atoms with Crippen molar-refractivity contribution in [3.8, 4) is 5.75 Å². The molecule has 0 aliphatic rings. The molecule has 2 aromatic rings. The van der Waals surface area contributed by atoms with Gasteiger partial charge in [0.05, 0.1) is 6.10 Å². The molecule has 20 heavy (non-hydrogen) atoms. The van der Waals surface area contributed by atoms with E-state index in [4.69, 9.17) is 16.3 Å². The summed E-state index contributed by atoms with van der Waals surface area (Å²) < 4.78 is 19.3. The SMILES string of the molecule is Cc1ccc([C@H](C)O)c(OCc2cc(Cl)ccc2F)c1. The lowest BCUT2D eigenvalue weighted by Gasteiger charge is -2.14. The van der Waals surface area contributed by atoms with E-state index in [2.05, 4.69) is 0 Å². The highest BCUT2D eigenvalue weighted by atomic mass is 35.5. The Hall–Kier alpha value is -1.58. The smallest absolute Gasteiger partial charge is 0.129 e. The third kappa shape index (κ3) is 3.50. The van der Waals surface area contributed by atoms with Crippen LogP contribution in [0, 0.1) is 12.7 Å². The Morgan fingerprint density at radius 3 is 2.70 bits per heavy atom. The van der Waals surface area contributed by atoms with E-state index in [1.165, 1.54) is 18.2 Å².